The molecule has 0 atom stereocenters. The number of sulfonamides is 1. The van der Waals surface area contributed by atoms with Crippen molar-refractivity contribution in [3.05, 3.63) is 46.9 Å². The van der Waals surface area contributed by atoms with Gasteiger partial charge >= 0.3 is 0 Å². The molecule has 0 amide bonds. The molecule has 0 aliphatic carbocycles. The minimum Gasteiger partial charge on any atom is -0.493 e. The zero-order valence-electron chi connectivity index (χ0n) is 11.3. The van der Waals surface area contributed by atoms with Crippen LogP contribution in [0.4, 0.5) is 11.4 Å². The number of anilines is 2. The summed E-state index contributed by atoms with van der Waals surface area (Å²) < 4.78 is 33.0. The molecule has 21 heavy (non-hydrogen) atoms. The molecule has 0 saturated carbocycles. The van der Waals surface area contributed by atoms with Gasteiger partial charge in [0.25, 0.3) is 10.0 Å². The summed E-state index contributed by atoms with van der Waals surface area (Å²) in [4.78, 5) is 0.154. The number of halogens is 1. The van der Waals surface area contributed by atoms with Gasteiger partial charge in [-0.1, -0.05) is 0 Å². The minimum atomic E-state index is -3.64. The average molecular weight is 371 g/mol. The summed E-state index contributed by atoms with van der Waals surface area (Å²) in [5.74, 6) is 0.660. The minimum absolute atomic E-state index is 0.154. The highest BCUT2D eigenvalue weighted by Gasteiger charge is 2.14. The molecule has 0 unspecified atom stereocenters. The molecular formula is C14H15BrN2O3S. The van der Waals surface area contributed by atoms with Crippen molar-refractivity contribution in [2.45, 2.75) is 11.8 Å². The van der Waals surface area contributed by atoms with Crippen molar-refractivity contribution in [2.24, 2.45) is 0 Å². The zero-order chi connectivity index (χ0) is 15.5. The first-order valence-electron chi connectivity index (χ1n) is 6.23. The Labute approximate surface area is 132 Å². The number of hydrogen-bond acceptors (Lipinski definition) is 4. The van der Waals surface area contributed by atoms with Gasteiger partial charge in [0.15, 0.2) is 0 Å². The second-order valence-corrected chi connectivity index (χ2v) is 6.79. The Morgan fingerprint density at radius 3 is 2.43 bits per heavy atom. The van der Waals surface area contributed by atoms with E-state index in [4.69, 9.17) is 10.5 Å². The Morgan fingerprint density at radius 2 is 1.86 bits per heavy atom. The highest BCUT2D eigenvalue weighted by atomic mass is 79.9. The summed E-state index contributed by atoms with van der Waals surface area (Å²) in [5, 5.41) is 0. The molecule has 112 valence electrons. The normalized spacial score (nSPS) is 11.1. The van der Waals surface area contributed by atoms with Crippen molar-refractivity contribution in [3.63, 3.8) is 0 Å². The van der Waals surface area contributed by atoms with Crippen LogP contribution in [0.2, 0.25) is 0 Å². The quantitative estimate of drug-likeness (QED) is 0.791. The summed E-state index contributed by atoms with van der Waals surface area (Å²) >= 11 is 3.35. The fourth-order valence-corrected chi connectivity index (χ4v) is 3.24. The van der Waals surface area contributed by atoms with E-state index in [2.05, 4.69) is 20.7 Å². The molecule has 0 fully saturated rings. The van der Waals surface area contributed by atoms with Crippen LogP contribution in [0.3, 0.4) is 0 Å². The van der Waals surface area contributed by atoms with E-state index >= 15 is 0 Å². The molecule has 2 rings (SSSR count). The molecular weight excluding hydrogens is 356 g/mol. The maximum atomic E-state index is 12.2. The van der Waals surface area contributed by atoms with Gasteiger partial charge in [0.1, 0.15) is 5.75 Å². The van der Waals surface area contributed by atoms with E-state index in [1.54, 1.807) is 30.3 Å². The molecule has 0 saturated heterocycles. The van der Waals surface area contributed by atoms with Crippen molar-refractivity contribution in [2.75, 3.05) is 17.1 Å². The summed E-state index contributed by atoms with van der Waals surface area (Å²) in [6.07, 6.45) is 0. The van der Waals surface area contributed by atoms with E-state index in [1.165, 1.54) is 12.1 Å². The van der Waals surface area contributed by atoms with Crippen molar-refractivity contribution < 1.29 is 13.2 Å². The summed E-state index contributed by atoms with van der Waals surface area (Å²) in [6, 6.07) is 11.0. The first-order chi connectivity index (χ1) is 9.92. The topological polar surface area (TPSA) is 81.4 Å². The van der Waals surface area contributed by atoms with Crippen LogP contribution in [0.5, 0.6) is 5.75 Å². The predicted molar refractivity (Wildman–Crippen MR) is 87.0 cm³/mol. The van der Waals surface area contributed by atoms with Gasteiger partial charge in [0.05, 0.1) is 21.7 Å². The lowest BCUT2D eigenvalue weighted by Crippen LogP contribution is -2.13. The van der Waals surface area contributed by atoms with E-state index in [1.807, 2.05) is 6.92 Å². The van der Waals surface area contributed by atoms with Crippen LogP contribution in [0.25, 0.3) is 0 Å². The number of nitrogens with one attached hydrogen (secondary N) is 1. The van der Waals surface area contributed by atoms with Gasteiger partial charge < -0.3 is 10.5 Å². The lowest BCUT2D eigenvalue weighted by molar-refractivity contribution is 0.338. The number of hydrogen-bond donors (Lipinski definition) is 2. The van der Waals surface area contributed by atoms with Gasteiger partial charge in [-0.25, -0.2) is 8.42 Å². The molecule has 2 aromatic carbocycles. The molecule has 0 aliphatic heterocycles. The Hall–Kier alpha value is -1.73. The second kappa shape index (κ2) is 6.36. The molecule has 0 aliphatic rings. The van der Waals surface area contributed by atoms with Crippen LogP contribution < -0.4 is 15.2 Å². The standard InChI is InChI=1S/C14H15BrN2O3S/c1-2-20-14-8-5-11(9-13(14)15)17-21(18,19)12-6-3-10(16)4-7-12/h3-9,17H,2,16H2,1H3. The van der Waals surface area contributed by atoms with Crippen LogP contribution in [0.15, 0.2) is 51.8 Å². The molecule has 0 heterocycles. The van der Waals surface area contributed by atoms with Gasteiger partial charge in [-0.05, 0) is 65.3 Å². The lowest BCUT2D eigenvalue weighted by atomic mass is 10.3. The zero-order valence-corrected chi connectivity index (χ0v) is 13.7. The van der Waals surface area contributed by atoms with Crippen molar-refractivity contribution in [1.29, 1.82) is 0 Å². The van der Waals surface area contributed by atoms with E-state index in [0.29, 0.717) is 28.2 Å². The summed E-state index contributed by atoms with van der Waals surface area (Å²) in [7, 11) is -3.64. The highest BCUT2D eigenvalue weighted by Crippen LogP contribution is 2.29. The first-order valence-corrected chi connectivity index (χ1v) is 8.50. The van der Waals surface area contributed by atoms with Gasteiger partial charge in [-0.3, -0.25) is 4.72 Å². The summed E-state index contributed by atoms with van der Waals surface area (Å²) in [6.45, 7) is 2.42. The largest absolute Gasteiger partial charge is 0.493 e. The number of benzene rings is 2. The fourth-order valence-electron chi connectivity index (χ4n) is 1.70. The Balaban J connectivity index is 2.24. The molecule has 0 bridgehead atoms. The Kier molecular flexibility index (Phi) is 4.74. The van der Waals surface area contributed by atoms with Crippen LogP contribution in [-0.2, 0) is 10.0 Å². The molecule has 0 aromatic heterocycles. The number of nitrogen functional groups attached to an aromatic ring is 1. The molecule has 0 radical (unpaired) electrons. The van der Waals surface area contributed by atoms with Crippen LogP contribution in [0, 0.1) is 0 Å². The van der Waals surface area contributed by atoms with Gasteiger partial charge in [0.2, 0.25) is 0 Å². The number of ether oxygens (including phenoxy) is 1. The van der Waals surface area contributed by atoms with Gasteiger partial charge in [0, 0.05) is 5.69 Å². The van der Waals surface area contributed by atoms with Gasteiger partial charge in [-0.15, -0.1) is 0 Å². The predicted octanol–water partition coefficient (Wildman–Crippen LogP) is 3.23. The maximum absolute atomic E-state index is 12.2. The first kappa shape index (κ1) is 15.7. The summed E-state index contributed by atoms with van der Waals surface area (Å²) in [5.41, 5.74) is 6.51. The maximum Gasteiger partial charge on any atom is 0.261 e. The third kappa shape index (κ3) is 3.89. The number of nitrogens with two attached hydrogens (primary N) is 1. The second-order valence-electron chi connectivity index (χ2n) is 4.25. The van der Waals surface area contributed by atoms with Crippen LogP contribution in [-0.4, -0.2) is 15.0 Å². The van der Waals surface area contributed by atoms with E-state index in [9.17, 15) is 8.42 Å². The molecule has 7 heteroatoms. The van der Waals surface area contributed by atoms with Crippen LogP contribution in [0.1, 0.15) is 6.92 Å². The van der Waals surface area contributed by atoms with E-state index in [-0.39, 0.29) is 4.90 Å². The lowest BCUT2D eigenvalue weighted by Gasteiger charge is -2.11. The highest BCUT2D eigenvalue weighted by molar-refractivity contribution is 9.10. The average Bonchev–Trinajstić information content (AvgIpc) is 2.42. The van der Waals surface area contributed by atoms with Crippen LogP contribution >= 0.6 is 15.9 Å². The smallest absolute Gasteiger partial charge is 0.261 e. The monoisotopic (exact) mass is 370 g/mol. The van der Waals surface area contributed by atoms with Crippen molar-refractivity contribution in [3.8, 4) is 5.75 Å². The fraction of sp³-hybridized carbons (Fsp3) is 0.143. The van der Waals surface area contributed by atoms with Crippen molar-refractivity contribution in [1.82, 2.24) is 0 Å². The van der Waals surface area contributed by atoms with Crippen molar-refractivity contribution >= 4 is 37.3 Å². The van der Waals surface area contributed by atoms with Gasteiger partial charge in [-0.2, -0.15) is 0 Å². The molecule has 2 aromatic rings. The molecule has 5 nitrogen and oxygen atoms in total. The van der Waals surface area contributed by atoms with E-state index < -0.39 is 10.0 Å². The Bertz CT molecular complexity index is 730. The molecule has 0 spiro atoms. The third-order valence-corrected chi connectivity index (χ3v) is 4.69. The Morgan fingerprint density at radius 1 is 1.19 bits per heavy atom. The third-order valence-electron chi connectivity index (χ3n) is 2.67. The molecule has 3 N–H and O–H groups in total. The van der Waals surface area contributed by atoms with E-state index in [0.717, 1.165) is 0 Å². The number of rotatable bonds is 5. The SMILES string of the molecule is CCOc1ccc(NS(=O)(=O)c2ccc(N)cc2)cc1Br.